The minimum Gasteiger partial charge on any atom is -0.491 e. The third-order valence-electron chi connectivity index (χ3n) is 3.49. The molecule has 0 saturated heterocycles. The molecule has 0 bridgehead atoms. The highest BCUT2D eigenvalue weighted by atomic mass is 16.5. The van der Waals surface area contributed by atoms with Gasteiger partial charge in [-0.3, -0.25) is 9.59 Å². The number of amides is 1. The second-order valence-corrected chi connectivity index (χ2v) is 4.91. The Bertz CT molecular complexity index is 490. The average Bonchev–Trinajstić information content (AvgIpc) is 2.42. The molecule has 104 valence electrons. The van der Waals surface area contributed by atoms with Crippen LogP contribution in [0.15, 0.2) is 23.1 Å². The molecule has 0 atom stereocenters. The molecule has 1 aliphatic carbocycles. The van der Waals surface area contributed by atoms with Gasteiger partial charge in [0.05, 0.1) is 7.11 Å². The van der Waals surface area contributed by atoms with Gasteiger partial charge in [0.2, 0.25) is 5.91 Å². The monoisotopic (exact) mass is 264 g/mol. The van der Waals surface area contributed by atoms with Crippen molar-refractivity contribution in [2.24, 2.45) is 0 Å². The van der Waals surface area contributed by atoms with Crippen molar-refractivity contribution in [2.75, 3.05) is 7.11 Å². The van der Waals surface area contributed by atoms with Crippen LogP contribution in [0.3, 0.4) is 0 Å². The third-order valence-corrected chi connectivity index (χ3v) is 3.49. The fourth-order valence-corrected chi connectivity index (χ4v) is 2.47. The summed E-state index contributed by atoms with van der Waals surface area (Å²) in [5, 5.41) is 2.99. The predicted octanol–water partition coefficient (Wildman–Crippen LogP) is 1.31. The molecule has 1 heterocycles. The van der Waals surface area contributed by atoms with Crippen LogP contribution in [0.4, 0.5) is 0 Å². The van der Waals surface area contributed by atoms with Crippen molar-refractivity contribution in [3.05, 3.63) is 28.7 Å². The van der Waals surface area contributed by atoms with Crippen LogP contribution in [-0.4, -0.2) is 23.6 Å². The molecule has 1 amide bonds. The second-order valence-electron chi connectivity index (χ2n) is 4.91. The van der Waals surface area contributed by atoms with Gasteiger partial charge in [-0.25, -0.2) is 0 Å². The van der Waals surface area contributed by atoms with Gasteiger partial charge in [0.1, 0.15) is 6.54 Å². The zero-order chi connectivity index (χ0) is 13.7. The summed E-state index contributed by atoms with van der Waals surface area (Å²) in [6.07, 6.45) is 7.28. The molecule has 1 N–H and O–H groups in total. The van der Waals surface area contributed by atoms with Crippen molar-refractivity contribution in [1.29, 1.82) is 0 Å². The van der Waals surface area contributed by atoms with Crippen LogP contribution in [0.2, 0.25) is 0 Å². The molecule has 0 radical (unpaired) electrons. The maximum Gasteiger partial charge on any atom is 0.293 e. The maximum atomic E-state index is 11.9. The topological polar surface area (TPSA) is 60.3 Å². The Kier molecular flexibility index (Phi) is 4.60. The number of aromatic nitrogens is 1. The van der Waals surface area contributed by atoms with Gasteiger partial charge in [-0.15, -0.1) is 0 Å². The molecule has 1 aromatic rings. The summed E-state index contributed by atoms with van der Waals surface area (Å²) in [6.45, 7) is 0.0481. The number of rotatable bonds is 4. The fourth-order valence-electron chi connectivity index (χ4n) is 2.47. The number of ether oxygens (including phenoxy) is 1. The lowest BCUT2D eigenvalue weighted by Gasteiger charge is -2.22. The first-order valence-electron chi connectivity index (χ1n) is 6.73. The molecule has 1 fully saturated rings. The summed E-state index contributed by atoms with van der Waals surface area (Å²) in [6, 6.07) is 3.56. The van der Waals surface area contributed by atoms with Gasteiger partial charge in [0.15, 0.2) is 5.75 Å². The first kappa shape index (κ1) is 13.6. The number of hydrogen-bond acceptors (Lipinski definition) is 3. The van der Waals surface area contributed by atoms with Crippen LogP contribution in [0.25, 0.3) is 0 Å². The average molecular weight is 264 g/mol. The molecule has 0 aromatic carbocycles. The lowest BCUT2D eigenvalue weighted by atomic mass is 9.95. The normalized spacial score (nSPS) is 16.1. The van der Waals surface area contributed by atoms with E-state index in [0.717, 1.165) is 12.8 Å². The van der Waals surface area contributed by atoms with Crippen molar-refractivity contribution in [3.63, 3.8) is 0 Å². The zero-order valence-electron chi connectivity index (χ0n) is 11.2. The Balaban J connectivity index is 1.96. The Labute approximate surface area is 112 Å². The van der Waals surface area contributed by atoms with E-state index in [4.69, 9.17) is 4.74 Å². The summed E-state index contributed by atoms with van der Waals surface area (Å²) in [4.78, 5) is 23.8. The van der Waals surface area contributed by atoms with E-state index >= 15 is 0 Å². The van der Waals surface area contributed by atoms with Crippen LogP contribution in [0, 0.1) is 0 Å². The highest BCUT2D eigenvalue weighted by Gasteiger charge is 2.16. The largest absolute Gasteiger partial charge is 0.491 e. The number of methoxy groups -OCH3 is 1. The lowest BCUT2D eigenvalue weighted by Crippen LogP contribution is -2.39. The van der Waals surface area contributed by atoms with Crippen molar-refractivity contribution in [1.82, 2.24) is 9.88 Å². The van der Waals surface area contributed by atoms with Gasteiger partial charge in [0.25, 0.3) is 5.56 Å². The summed E-state index contributed by atoms with van der Waals surface area (Å²) in [7, 11) is 1.45. The zero-order valence-corrected chi connectivity index (χ0v) is 11.2. The second kappa shape index (κ2) is 6.41. The quantitative estimate of drug-likeness (QED) is 0.892. The Morgan fingerprint density at radius 3 is 2.84 bits per heavy atom. The van der Waals surface area contributed by atoms with Gasteiger partial charge in [-0.05, 0) is 25.0 Å². The van der Waals surface area contributed by atoms with Crippen molar-refractivity contribution in [3.8, 4) is 5.75 Å². The highest BCUT2D eigenvalue weighted by molar-refractivity contribution is 5.76. The van der Waals surface area contributed by atoms with E-state index in [1.54, 1.807) is 18.3 Å². The van der Waals surface area contributed by atoms with E-state index in [2.05, 4.69) is 5.32 Å². The van der Waals surface area contributed by atoms with Gasteiger partial charge in [-0.2, -0.15) is 0 Å². The van der Waals surface area contributed by atoms with Crippen LogP contribution >= 0.6 is 0 Å². The predicted molar refractivity (Wildman–Crippen MR) is 72.3 cm³/mol. The molecule has 0 unspecified atom stereocenters. The summed E-state index contributed by atoms with van der Waals surface area (Å²) >= 11 is 0. The minimum atomic E-state index is -0.274. The van der Waals surface area contributed by atoms with E-state index in [1.165, 1.54) is 30.9 Å². The van der Waals surface area contributed by atoms with Gasteiger partial charge in [-0.1, -0.05) is 19.3 Å². The SMILES string of the molecule is COc1cccn(CC(=O)NC2CCCCC2)c1=O. The first-order valence-corrected chi connectivity index (χ1v) is 6.73. The Hall–Kier alpha value is -1.78. The third kappa shape index (κ3) is 3.59. The molecule has 19 heavy (non-hydrogen) atoms. The molecular formula is C14H20N2O3. The first-order chi connectivity index (χ1) is 9.20. The summed E-state index contributed by atoms with van der Waals surface area (Å²) in [5.41, 5.74) is -0.274. The molecule has 1 aliphatic rings. The molecular weight excluding hydrogens is 244 g/mol. The number of carbonyl (C=O) groups is 1. The standard InChI is InChI=1S/C14H20N2O3/c1-19-12-8-5-9-16(14(12)18)10-13(17)15-11-6-3-2-4-7-11/h5,8-9,11H,2-4,6-7,10H2,1H3,(H,15,17). The van der Waals surface area contributed by atoms with Crippen LogP contribution in [0.1, 0.15) is 32.1 Å². The van der Waals surface area contributed by atoms with Gasteiger partial charge >= 0.3 is 0 Å². The lowest BCUT2D eigenvalue weighted by molar-refractivity contribution is -0.122. The van der Waals surface area contributed by atoms with Crippen LogP contribution < -0.4 is 15.6 Å². The van der Waals surface area contributed by atoms with Crippen LogP contribution in [0.5, 0.6) is 5.75 Å². The van der Waals surface area contributed by atoms with Crippen molar-refractivity contribution in [2.45, 2.75) is 44.7 Å². The number of hydrogen-bond donors (Lipinski definition) is 1. The van der Waals surface area contributed by atoms with E-state index < -0.39 is 0 Å². The molecule has 0 aliphatic heterocycles. The number of carbonyl (C=O) groups excluding carboxylic acids is 1. The molecule has 0 spiro atoms. The van der Waals surface area contributed by atoms with Crippen molar-refractivity contribution >= 4 is 5.91 Å². The molecule has 1 aromatic heterocycles. The van der Waals surface area contributed by atoms with E-state index in [9.17, 15) is 9.59 Å². The molecule has 2 rings (SSSR count). The Morgan fingerprint density at radius 1 is 1.42 bits per heavy atom. The number of nitrogens with one attached hydrogen (secondary N) is 1. The van der Waals surface area contributed by atoms with E-state index in [0.29, 0.717) is 0 Å². The molecule has 5 heteroatoms. The smallest absolute Gasteiger partial charge is 0.293 e. The summed E-state index contributed by atoms with van der Waals surface area (Å²) in [5.74, 6) is 0.148. The molecule has 1 saturated carbocycles. The van der Waals surface area contributed by atoms with E-state index in [1.807, 2.05) is 0 Å². The fraction of sp³-hybridized carbons (Fsp3) is 0.571. The Morgan fingerprint density at radius 2 is 2.16 bits per heavy atom. The highest BCUT2D eigenvalue weighted by Crippen LogP contribution is 2.17. The molecule has 5 nitrogen and oxygen atoms in total. The minimum absolute atomic E-state index is 0.0481. The number of pyridine rings is 1. The maximum absolute atomic E-state index is 11.9. The van der Waals surface area contributed by atoms with Gasteiger partial charge in [0, 0.05) is 12.2 Å². The van der Waals surface area contributed by atoms with Gasteiger partial charge < -0.3 is 14.6 Å². The van der Waals surface area contributed by atoms with Crippen LogP contribution in [-0.2, 0) is 11.3 Å². The number of nitrogens with zero attached hydrogens (tertiary/aromatic N) is 1. The van der Waals surface area contributed by atoms with E-state index in [-0.39, 0.29) is 29.8 Å². The van der Waals surface area contributed by atoms with Crippen molar-refractivity contribution < 1.29 is 9.53 Å². The summed E-state index contributed by atoms with van der Waals surface area (Å²) < 4.78 is 6.32.